The van der Waals surface area contributed by atoms with E-state index in [9.17, 15) is 4.79 Å². The van der Waals surface area contributed by atoms with Gasteiger partial charge in [0.25, 0.3) is 0 Å². The molecule has 0 saturated carbocycles. The van der Waals surface area contributed by atoms with E-state index in [1.54, 1.807) is 6.26 Å². The van der Waals surface area contributed by atoms with E-state index in [2.05, 4.69) is 39.8 Å². The molecule has 1 aromatic heterocycles. The zero-order valence-corrected chi connectivity index (χ0v) is 14.5. The van der Waals surface area contributed by atoms with E-state index in [0.29, 0.717) is 6.54 Å². The van der Waals surface area contributed by atoms with Crippen LogP contribution in [0.4, 0.5) is 10.5 Å². The Morgan fingerprint density at radius 2 is 2.04 bits per heavy atom. The average molecular weight is 327 g/mol. The molecule has 5 nitrogen and oxygen atoms in total. The molecule has 2 N–H and O–H groups in total. The van der Waals surface area contributed by atoms with Crippen molar-refractivity contribution in [1.29, 1.82) is 0 Å². The molecule has 1 aromatic carbocycles. The van der Waals surface area contributed by atoms with Crippen molar-refractivity contribution >= 4 is 11.7 Å². The predicted molar refractivity (Wildman–Crippen MR) is 95.2 cm³/mol. The molecule has 1 aliphatic heterocycles. The van der Waals surface area contributed by atoms with Crippen LogP contribution in [0, 0.1) is 0 Å². The number of nitrogens with zero attached hydrogens (tertiary/aromatic N) is 1. The zero-order valence-electron chi connectivity index (χ0n) is 14.5. The van der Waals surface area contributed by atoms with Crippen molar-refractivity contribution in [2.75, 3.05) is 18.0 Å². The van der Waals surface area contributed by atoms with E-state index < -0.39 is 0 Å². The van der Waals surface area contributed by atoms with Gasteiger partial charge in [-0.15, -0.1) is 0 Å². The first-order valence-electron chi connectivity index (χ1n) is 8.38. The van der Waals surface area contributed by atoms with Crippen molar-refractivity contribution < 1.29 is 9.21 Å². The third-order valence-electron chi connectivity index (χ3n) is 4.12. The fraction of sp³-hybridized carbons (Fsp3) is 0.421. The molecule has 24 heavy (non-hydrogen) atoms. The second-order valence-corrected chi connectivity index (χ2v) is 7.19. The highest BCUT2D eigenvalue weighted by molar-refractivity contribution is 5.74. The van der Waals surface area contributed by atoms with E-state index in [1.165, 1.54) is 11.3 Å². The van der Waals surface area contributed by atoms with Gasteiger partial charge < -0.3 is 20.0 Å². The molecule has 0 unspecified atom stereocenters. The summed E-state index contributed by atoms with van der Waals surface area (Å²) in [6.45, 7) is 7.31. The third kappa shape index (κ3) is 3.72. The molecule has 2 amide bonds. The molecule has 3 rings (SSSR count). The smallest absolute Gasteiger partial charge is 0.315 e. The first kappa shape index (κ1) is 16.4. The summed E-state index contributed by atoms with van der Waals surface area (Å²) in [5.41, 5.74) is 2.30. The molecular weight excluding hydrogens is 302 g/mol. The number of urea groups is 1. The Balaban J connectivity index is 1.75. The van der Waals surface area contributed by atoms with Crippen LogP contribution < -0.4 is 15.5 Å². The Hall–Kier alpha value is -2.43. The Labute approximate surface area is 143 Å². The molecule has 0 radical (unpaired) electrons. The van der Waals surface area contributed by atoms with Crippen LogP contribution in [-0.4, -0.2) is 24.7 Å². The van der Waals surface area contributed by atoms with Gasteiger partial charge in [-0.1, -0.05) is 18.2 Å². The largest absolute Gasteiger partial charge is 0.467 e. The number of hydrogen-bond donors (Lipinski definition) is 2. The lowest BCUT2D eigenvalue weighted by Crippen LogP contribution is -2.48. The van der Waals surface area contributed by atoms with Crippen LogP contribution in [0.1, 0.15) is 38.1 Å². The molecule has 5 heteroatoms. The second kappa shape index (κ2) is 6.59. The normalized spacial score (nSPS) is 15.0. The summed E-state index contributed by atoms with van der Waals surface area (Å²) >= 11 is 0. The highest BCUT2D eigenvalue weighted by Gasteiger charge is 2.29. The standard InChI is InChI=1S/C19H25N3O2/c1-19(2,3)21-18(23)20-13-16(17-9-6-12-24-17)22-11-10-14-7-4-5-8-15(14)22/h4-9,12,16H,10-11,13H2,1-3H3,(H2,20,21,23)/t16-/m0/s1. The van der Waals surface area contributed by atoms with E-state index in [1.807, 2.05) is 32.9 Å². The fourth-order valence-electron chi connectivity index (χ4n) is 3.11. The molecule has 2 aromatic rings. The quantitative estimate of drug-likeness (QED) is 0.904. The van der Waals surface area contributed by atoms with Gasteiger partial charge in [-0.25, -0.2) is 4.79 Å². The maximum absolute atomic E-state index is 12.1. The van der Waals surface area contributed by atoms with E-state index in [4.69, 9.17) is 4.42 Å². The first-order valence-corrected chi connectivity index (χ1v) is 8.38. The number of hydrogen-bond acceptors (Lipinski definition) is 3. The maximum atomic E-state index is 12.1. The Morgan fingerprint density at radius 1 is 1.25 bits per heavy atom. The number of para-hydroxylation sites is 1. The minimum Gasteiger partial charge on any atom is -0.467 e. The number of amides is 2. The van der Waals surface area contributed by atoms with Crippen molar-refractivity contribution in [2.24, 2.45) is 0 Å². The molecule has 0 saturated heterocycles. The number of fused-ring (bicyclic) bond motifs is 1. The number of benzene rings is 1. The van der Waals surface area contributed by atoms with Crippen molar-refractivity contribution in [2.45, 2.75) is 38.8 Å². The van der Waals surface area contributed by atoms with Gasteiger partial charge in [-0.2, -0.15) is 0 Å². The Kier molecular flexibility index (Phi) is 4.51. The van der Waals surface area contributed by atoms with Gasteiger partial charge in [0.1, 0.15) is 11.8 Å². The van der Waals surface area contributed by atoms with Gasteiger partial charge >= 0.3 is 6.03 Å². The van der Waals surface area contributed by atoms with Gasteiger partial charge in [0.05, 0.1) is 6.26 Å². The summed E-state index contributed by atoms with van der Waals surface area (Å²) in [6.07, 6.45) is 2.70. The lowest BCUT2D eigenvalue weighted by atomic mass is 10.1. The van der Waals surface area contributed by atoms with Crippen molar-refractivity contribution in [1.82, 2.24) is 10.6 Å². The summed E-state index contributed by atoms with van der Waals surface area (Å²) in [4.78, 5) is 14.4. The summed E-state index contributed by atoms with van der Waals surface area (Å²) in [7, 11) is 0. The number of anilines is 1. The summed E-state index contributed by atoms with van der Waals surface area (Å²) < 4.78 is 5.64. The molecule has 1 atom stereocenters. The lowest BCUT2D eigenvalue weighted by molar-refractivity contribution is 0.231. The molecular formula is C19H25N3O2. The minimum atomic E-state index is -0.259. The summed E-state index contributed by atoms with van der Waals surface area (Å²) in [6, 6.07) is 12.1. The van der Waals surface area contributed by atoms with Crippen LogP contribution in [0.25, 0.3) is 0 Å². The predicted octanol–water partition coefficient (Wildman–Crippen LogP) is 3.48. The first-order chi connectivity index (χ1) is 11.4. The van der Waals surface area contributed by atoms with Crippen LogP contribution >= 0.6 is 0 Å². The molecule has 128 valence electrons. The van der Waals surface area contributed by atoms with Gasteiger partial charge in [-0.3, -0.25) is 0 Å². The number of carbonyl (C=O) groups is 1. The SMILES string of the molecule is CC(C)(C)NC(=O)NC[C@@H](c1ccco1)N1CCc2ccccc21. The molecule has 2 heterocycles. The second-order valence-electron chi connectivity index (χ2n) is 7.19. The van der Waals surface area contributed by atoms with Gasteiger partial charge in [0.2, 0.25) is 0 Å². The number of furan rings is 1. The van der Waals surface area contributed by atoms with Crippen LogP contribution in [0.2, 0.25) is 0 Å². The maximum Gasteiger partial charge on any atom is 0.315 e. The van der Waals surface area contributed by atoms with Crippen molar-refractivity contribution in [3.05, 3.63) is 54.0 Å². The van der Waals surface area contributed by atoms with E-state index in [-0.39, 0.29) is 17.6 Å². The summed E-state index contributed by atoms with van der Waals surface area (Å²) in [5.74, 6) is 0.864. The molecule has 0 spiro atoms. The Bertz CT molecular complexity index is 689. The topological polar surface area (TPSA) is 57.5 Å². The monoisotopic (exact) mass is 327 g/mol. The van der Waals surface area contributed by atoms with E-state index in [0.717, 1.165) is 18.7 Å². The number of carbonyl (C=O) groups excluding carboxylic acids is 1. The Morgan fingerprint density at radius 3 is 2.75 bits per heavy atom. The molecule has 0 fully saturated rings. The van der Waals surface area contributed by atoms with Crippen molar-refractivity contribution in [3.8, 4) is 0 Å². The number of rotatable bonds is 4. The highest BCUT2D eigenvalue weighted by Crippen LogP contribution is 2.34. The average Bonchev–Trinajstić information content (AvgIpc) is 3.16. The lowest BCUT2D eigenvalue weighted by Gasteiger charge is -2.30. The minimum absolute atomic E-state index is 0.0191. The van der Waals surface area contributed by atoms with Gasteiger partial charge in [-0.05, 0) is 51.0 Å². The van der Waals surface area contributed by atoms with Crippen LogP contribution in [0.3, 0.4) is 0 Å². The molecule has 1 aliphatic rings. The van der Waals surface area contributed by atoms with Crippen LogP contribution in [0.15, 0.2) is 47.1 Å². The van der Waals surface area contributed by atoms with Gasteiger partial charge in [0, 0.05) is 24.3 Å². The van der Waals surface area contributed by atoms with E-state index >= 15 is 0 Å². The van der Waals surface area contributed by atoms with Gasteiger partial charge in [0.15, 0.2) is 0 Å². The summed E-state index contributed by atoms with van der Waals surface area (Å²) in [5, 5.41) is 5.91. The number of nitrogens with one attached hydrogen (secondary N) is 2. The fourth-order valence-corrected chi connectivity index (χ4v) is 3.11. The molecule has 0 aliphatic carbocycles. The third-order valence-corrected chi connectivity index (χ3v) is 4.12. The zero-order chi connectivity index (χ0) is 17.2. The van der Waals surface area contributed by atoms with Crippen LogP contribution in [0.5, 0.6) is 0 Å². The highest BCUT2D eigenvalue weighted by atomic mass is 16.3. The van der Waals surface area contributed by atoms with Crippen molar-refractivity contribution in [3.63, 3.8) is 0 Å². The van der Waals surface area contributed by atoms with Crippen LogP contribution in [-0.2, 0) is 6.42 Å². The molecule has 0 bridgehead atoms.